The van der Waals surface area contributed by atoms with Crippen molar-refractivity contribution in [1.82, 2.24) is 4.90 Å². The van der Waals surface area contributed by atoms with E-state index >= 15 is 0 Å². The van der Waals surface area contributed by atoms with Crippen LogP contribution in [0.5, 0.6) is 0 Å². The number of carbonyl (C=O) groups is 1. The lowest BCUT2D eigenvalue weighted by atomic mass is 10.1. The predicted molar refractivity (Wildman–Crippen MR) is 81.4 cm³/mol. The van der Waals surface area contributed by atoms with Crippen LogP contribution in [-0.4, -0.2) is 35.6 Å². The van der Waals surface area contributed by atoms with Crippen LogP contribution in [0.25, 0.3) is 0 Å². The van der Waals surface area contributed by atoms with Gasteiger partial charge in [0, 0.05) is 25.1 Å². The predicted octanol–water partition coefficient (Wildman–Crippen LogP) is 2.68. The number of rotatable bonds is 5. The van der Waals surface area contributed by atoms with E-state index < -0.39 is 5.82 Å². The molecule has 114 valence electrons. The number of nitrogens with zero attached hydrogens (tertiary/aromatic N) is 1. The maximum absolute atomic E-state index is 13.5. The molecule has 1 amide bonds. The molecule has 0 aromatic heterocycles. The first-order chi connectivity index (χ1) is 9.99. The van der Waals surface area contributed by atoms with Gasteiger partial charge >= 0.3 is 0 Å². The number of aliphatic hydroxyl groups excluding tert-OH is 1. The van der Waals surface area contributed by atoms with E-state index in [9.17, 15) is 9.18 Å². The van der Waals surface area contributed by atoms with Crippen LogP contribution in [0.1, 0.15) is 43.1 Å². The molecule has 0 aliphatic rings. The van der Waals surface area contributed by atoms with Crippen LogP contribution < -0.4 is 0 Å². The summed E-state index contributed by atoms with van der Waals surface area (Å²) in [5, 5.41) is 8.75. The maximum Gasteiger partial charge on any atom is 0.255 e. The smallest absolute Gasteiger partial charge is 0.255 e. The van der Waals surface area contributed by atoms with Gasteiger partial charge < -0.3 is 10.0 Å². The molecule has 1 aromatic carbocycles. The molecule has 0 heterocycles. The molecule has 1 rings (SSSR count). The van der Waals surface area contributed by atoms with Crippen molar-refractivity contribution < 1.29 is 14.3 Å². The van der Waals surface area contributed by atoms with Gasteiger partial charge in [0.25, 0.3) is 5.91 Å². The second kappa shape index (κ2) is 8.43. The van der Waals surface area contributed by atoms with Crippen LogP contribution in [0.4, 0.5) is 4.39 Å². The second-order valence-electron chi connectivity index (χ2n) is 5.20. The van der Waals surface area contributed by atoms with Crippen LogP contribution >= 0.6 is 0 Å². The molecule has 0 atom stereocenters. The Morgan fingerprint density at radius 1 is 1.43 bits per heavy atom. The minimum absolute atomic E-state index is 0.0358. The third-order valence-electron chi connectivity index (χ3n) is 2.93. The number of halogens is 1. The average molecular weight is 291 g/mol. The Bertz CT molecular complexity index is 543. The lowest BCUT2D eigenvalue weighted by Crippen LogP contribution is -2.34. The fraction of sp³-hybridized carbons (Fsp3) is 0.471. The van der Waals surface area contributed by atoms with E-state index in [1.807, 2.05) is 20.8 Å². The van der Waals surface area contributed by atoms with E-state index in [0.717, 1.165) is 0 Å². The SMILES string of the molecule is CCN(CC(C)C)C(=O)c1cc(F)ccc1C#CCCO. The molecule has 0 aliphatic carbocycles. The van der Waals surface area contributed by atoms with Crippen LogP contribution in [-0.2, 0) is 0 Å². The van der Waals surface area contributed by atoms with E-state index in [4.69, 9.17) is 5.11 Å². The minimum atomic E-state index is -0.452. The van der Waals surface area contributed by atoms with Gasteiger partial charge in [-0.3, -0.25) is 4.79 Å². The summed E-state index contributed by atoms with van der Waals surface area (Å²) in [5.41, 5.74) is 0.778. The zero-order valence-corrected chi connectivity index (χ0v) is 12.8. The van der Waals surface area contributed by atoms with Crippen LogP contribution in [0.2, 0.25) is 0 Å². The van der Waals surface area contributed by atoms with Gasteiger partial charge in [0.15, 0.2) is 0 Å². The van der Waals surface area contributed by atoms with E-state index in [2.05, 4.69) is 11.8 Å². The van der Waals surface area contributed by atoms with Gasteiger partial charge in [-0.25, -0.2) is 4.39 Å². The number of amides is 1. The molecular weight excluding hydrogens is 269 g/mol. The zero-order chi connectivity index (χ0) is 15.8. The van der Waals surface area contributed by atoms with Crippen LogP contribution in [0.3, 0.4) is 0 Å². The molecule has 3 nitrogen and oxygen atoms in total. The first kappa shape index (κ1) is 17.2. The molecule has 0 saturated heterocycles. The Kier molecular flexibility index (Phi) is 6.90. The van der Waals surface area contributed by atoms with E-state index in [-0.39, 0.29) is 18.1 Å². The van der Waals surface area contributed by atoms with E-state index in [1.165, 1.54) is 18.2 Å². The average Bonchev–Trinajstić information content (AvgIpc) is 2.45. The summed E-state index contributed by atoms with van der Waals surface area (Å²) in [6, 6.07) is 4.03. The summed E-state index contributed by atoms with van der Waals surface area (Å²) in [4.78, 5) is 14.3. The van der Waals surface area contributed by atoms with Crippen LogP contribution in [0.15, 0.2) is 18.2 Å². The molecule has 1 aromatic rings. The zero-order valence-electron chi connectivity index (χ0n) is 12.8. The summed E-state index contributed by atoms with van der Waals surface area (Å²) < 4.78 is 13.5. The Hall–Kier alpha value is -1.86. The van der Waals surface area contributed by atoms with Crippen molar-refractivity contribution in [2.24, 2.45) is 5.92 Å². The first-order valence-electron chi connectivity index (χ1n) is 7.18. The summed E-state index contributed by atoms with van der Waals surface area (Å²) in [6.07, 6.45) is 0.328. The molecule has 0 bridgehead atoms. The lowest BCUT2D eigenvalue weighted by Gasteiger charge is -2.23. The van der Waals surface area contributed by atoms with Crippen molar-refractivity contribution in [2.75, 3.05) is 19.7 Å². The maximum atomic E-state index is 13.5. The monoisotopic (exact) mass is 291 g/mol. The number of aliphatic hydroxyl groups is 1. The molecule has 21 heavy (non-hydrogen) atoms. The molecule has 0 spiro atoms. The number of benzene rings is 1. The molecule has 0 saturated carbocycles. The molecule has 0 aliphatic heterocycles. The largest absolute Gasteiger partial charge is 0.395 e. The highest BCUT2D eigenvalue weighted by molar-refractivity contribution is 5.96. The number of hydrogen-bond donors (Lipinski definition) is 1. The van der Waals surface area contributed by atoms with Crippen molar-refractivity contribution in [3.8, 4) is 11.8 Å². The Balaban J connectivity index is 3.12. The first-order valence-corrected chi connectivity index (χ1v) is 7.18. The van der Waals surface area contributed by atoms with E-state index in [1.54, 1.807) is 4.90 Å². The van der Waals surface area contributed by atoms with Gasteiger partial charge in [0.2, 0.25) is 0 Å². The highest BCUT2D eigenvalue weighted by Crippen LogP contribution is 2.14. The molecule has 0 unspecified atom stereocenters. The van der Waals surface area contributed by atoms with Crippen molar-refractivity contribution in [3.63, 3.8) is 0 Å². The van der Waals surface area contributed by atoms with Crippen molar-refractivity contribution in [2.45, 2.75) is 27.2 Å². The van der Waals surface area contributed by atoms with Gasteiger partial charge in [-0.1, -0.05) is 25.7 Å². The minimum Gasteiger partial charge on any atom is -0.395 e. The summed E-state index contributed by atoms with van der Waals surface area (Å²) in [6.45, 7) is 7.11. The Morgan fingerprint density at radius 3 is 2.71 bits per heavy atom. The fourth-order valence-electron chi connectivity index (χ4n) is 1.98. The molecule has 0 radical (unpaired) electrons. The Morgan fingerprint density at radius 2 is 2.14 bits per heavy atom. The highest BCUT2D eigenvalue weighted by atomic mass is 19.1. The Labute approximate surface area is 125 Å². The van der Waals surface area contributed by atoms with Gasteiger partial charge in [-0.2, -0.15) is 0 Å². The van der Waals surface area contributed by atoms with Crippen molar-refractivity contribution in [1.29, 1.82) is 0 Å². The van der Waals surface area contributed by atoms with Crippen molar-refractivity contribution >= 4 is 5.91 Å². The van der Waals surface area contributed by atoms with E-state index in [0.29, 0.717) is 31.0 Å². The standard InChI is InChI=1S/C17H22FNO2/c1-4-19(12-13(2)3)17(21)16-11-15(18)9-8-14(16)7-5-6-10-20/h8-9,11,13,20H,4,6,10,12H2,1-3H3. The normalized spacial score (nSPS) is 10.2. The lowest BCUT2D eigenvalue weighted by molar-refractivity contribution is 0.0745. The summed E-state index contributed by atoms with van der Waals surface area (Å²) in [7, 11) is 0. The number of carbonyl (C=O) groups excluding carboxylic acids is 1. The molecule has 4 heteroatoms. The topological polar surface area (TPSA) is 40.5 Å². The van der Waals surface area contributed by atoms with Gasteiger partial charge in [-0.05, 0) is 31.0 Å². The quantitative estimate of drug-likeness (QED) is 0.847. The third kappa shape index (κ3) is 5.20. The molecule has 1 N–H and O–H groups in total. The van der Waals surface area contributed by atoms with Gasteiger partial charge in [0.05, 0.1) is 12.2 Å². The fourth-order valence-corrected chi connectivity index (χ4v) is 1.98. The third-order valence-corrected chi connectivity index (χ3v) is 2.93. The molecule has 0 fully saturated rings. The summed E-state index contributed by atoms with van der Waals surface area (Å²) >= 11 is 0. The summed E-state index contributed by atoms with van der Waals surface area (Å²) in [5.74, 6) is 5.28. The molecular formula is C17H22FNO2. The van der Waals surface area contributed by atoms with Crippen LogP contribution in [0, 0.1) is 23.6 Å². The van der Waals surface area contributed by atoms with Gasteiger partial charge in [0.1, 0.15) is 5.82 Å². The number of hydrogen-bond acceptors (Lipinski definition) is 2. The highest BCUT2D eigenvalue weighted by Gasteiger charge is 2.18. The second-order valence-corrected chi connectivity index (χ2v) is 5.20. The van der Waals surface area contributed by atoms with Gasteiger partial charge in [-0.15, -0.1) is 0 Å². The van der Waals surface area contributed by atoms with Crippen molar-refractivity contribution in [3.05, 3.63) is 35.1 Å².